The zero-order valence-electron chi connectivity index (χ0n) is 10.2. The van der Waals surface area contributed by atoms with Crippen LogP contribution in [0.5, 0.6) is 0 Å². The van der Waals surface area contributed by atoms with Crippen molar-refractivity contribution in [1.29, 1.82) is 0 Å². The first-order valence-corrected chi connectivity index (χ1v) is 6.58. The zero-order valence-corrected chi connectivity index (χ0v) is 10.2. The van der Waals surface area contributed by atoms with E-state index in [4.69, 9.17) is 4.74 Å². The fourth-order valence-electron chi connectivity index (χ4n) is 2.98. The Kier molecular flexibility index (Phi) is 4.04. The van der Waals surface area contributed by atoms with Gasteiger partial charge in [0.2, 0.25) is 0 Å². The van der Waals surface area contributed by atoms with Crippen molar-refractivity contribution in [2.75, 3.05) is 19.8 Å². The van der Waals surface area contributed by atoms with Crippen LogP contribution in [0.4, 0.5) is 0 Å². The Morgan fingerprint density at radius 3 is 2.80 bits per heavy atom. The lowest BCUT2D eigenvalue weighted by Crippen LogP contribution is -2.37. The van der Waals surface area contributed by atoms with E-state index >= 15 is 0 Å². The Morgan fingerprint density at radius 1 is 1.33 bits per heavy atom. The smallest absolute Gasteiger partial charge is 0.0509 e. The summed E-state index contributed by atoms with van der Waals surface area (Å²) < 4.78 is 5.43. The molecule has 0 radical (unpaired) electrons. The second kappa shape index (κ2) is 5.31. The molecule has 4 unspecified atom stereocenters. The lowest BCUT2D eigenvalue weighted by molar-refractivity contribution is 0.177. The number of rotatable bonds is 4. The van der Waals surface area contributed by atoms with Crippen LogP contribution < -0.4 is 5.32 Å². The van der Waals surface area contributed by atoms with Crippen LogP contribution >= 0.6 is 0 Å². The van der Waals surface area contributed by atoms with Gasteiger partial charge in [0.05, 0.1) is 6.61 Å². The van der Waals surface area contributed by atoms with Crippen LogP contribution in [0.3, 0.4) is 0 Å². The molecule has 88 valence electrons. The van der Waals surface area contributed by atoms with Gasteiger partial charge in [-0.25, -0.2) is 0 Å². The number of ether oxygens (including phenoxy) is 1. The Balaban J connectivity index is 1.67. The molecular formula is C13H25NO. The van der Waals surface area contributed by atoms with Gasteiger partial charge >= 0.3 is 0 Å². The molecule has 2 aliphatic rings. The molecule has 0 spiro atoms. The fourth-order valence-corrected chi connectivity index (χ4v) is 2.98. The summed E-state index contributed by atoms with van der Waals surface area (Å²) in [6, 6.07) is 0.639. The average molecular weight is 211 g/mol. The minimum atomic E-state index is 0.639. The van der Waals surface area contributed by atoms with Crippen molar-refractivity contribution in [3.8, 4) is 0 Å². The monoisotopic (exact) mass is 211 g/mol. The average Bonchev–Trinajstić information content (AvgIpc) is 2.85. The number of nitrogens with one attached hydrogen (secondary N) is 1. The van der Waals surface area contributed by atoms with Crippen LogP contribution in [-0.2, 0) is 4.74 Å². The van der Waals surface area contributed by atoms with Gasteiger partial charge in [-0.3, -0.25) is 0 Å². The molecule has 1 N–H and O–H groups in total. The first-order chi connectivity index (χ1) is 7.27. The van der Waals surface area contributed by atoms with E-state index in [1.54, 1.807) is 0 Å². The summed E-state index contributed by atoms with van der Waals surface area (Å²) in [5.41, 5.74) is 0. The summed E-state index contributed by atoms with van der Waals surface area (Å²) in [6.45, 7) is 7.88. The molecule has 2 heteroatoms. The van der Waals surface area contributed by atoms with Crippen molar-refractivity contribution in [3.05, 3.63) is 0 Å². The first kappa shape index (κ1) is 11.4. The van der Waals surface area contributed by atoms with Crippen molar-refractivity contribution in [2.45, 2.75) is 45.6 Å². The van der Waals surface area contributed by atoms with Crippen LogP contribution in [0.15, 0.2) is 0 Å². The Labute approximate surface area is 93.8 Å². The van der Waals surface area contributed by atoms with Crippen LogP contribution in [0, 0.1) is 17.8 Å². The van der Waals surface area contributed by atoms with Crippen LogP contribution in [-0.4, -0.2) is 25.8 Å². The van der Waals surface area contributed by atoms with Gasteiger partial charge < -0.3 is 10.1 Å². The standard InChI is InChI=1S/C13H25NO/c1-10-4-3-5-12(10)8-14-11(2)13-6-7-15-9-13/h10-14H,3-9H2,1-2H3. The third-order valence-corrected chi connectivity index (χ3v) is 4.41. The highest BCUT2D eigenvalue weighted by molar-refractivity contribution is 4.80. The molecule has 15 heavy (non-hydrogen) atoms. The molecule has 1 saturated heterocycles. The molecule has 1 aliphatic heterocycles. The predicted molar refractivity (Wildman–Crippen MR) is 62.9 cm³/mol. The van der Waals surface area contributed by atoms with E-state index < -0.39 is 0 Å². The maximum absolute atomic E-state index is 5.43. The van der Waals surface area contributed by atoms with E-state index in [0.717, 1.165) is 31.0 Å². The zero-order chi connectivity index (χ0) is 10.7. The molecule has 2 nitrogen and oxygen atoms in total. The lowest BCUT2D eigenvalue weighted by Gasteiger charge is -2.23. The summed E-state index contributed by atoms with van der Waals surface area (Å²) in [6.07, 6.45) is 5.55. The second-order valence-electron chi connectivity index (χ2n) is 5.49. The summed E-state index contributed by atoms with van der Waals surface area (Å²) in [5, 5.41) is 3.72. The number of hydrogen-bond donors (Lipinski definition) is 1. The van der Waals surface area contributed by atoms with Crippen LogP contribution in [0.25, 0.3) is 0 Å². The molecule has 0 amide bonds. The van der Waals surface area contributed by atoms with Gasteiger partial charge in [0.25, 0.3) is 0 Å². The molecule has 0 aromatic rings. The molecule has 2 fully saturated rings. The maximum atomic E-state index is 5.43. The Bertz CT molecular complexity index is 189. The van der Waals surface area contributed by atoms with Gasteiger partial charge in [-0.1, -0.05) is 19.8 Å². The molecule has 0 aromatic carbocycles. The van der Waals surface area contributed by atoms with E-state index in [1.165, 1.54) is 32.2 Å². The van der Waals surface area contributed by atoms with Gasteiger partial charge in [-0.15, -0.1) is 0 Å². The van der Waals surface area contributed by atoms with Gasteiger partial charge in [-0.2, -0.15) is 0 Å². The van der Waals surface area contributed by atoms with Crippen molar-refractivity contribution < 1.29 is 4.74 Å². The summed E-state index contributed by atoms with van der Waals surface area (Å²) in [4.78, 5) is 0. The fraction of sp³-hybridized carbons (Fsp3) is 1.00. The topological polar surface area (TPSA) is 21.3 Å². The van der Waals surface area contributed by atoms with Crippen molar-refractivity contribution in [2.24, 2.45) is 17.8 Å². The van der Waals surface area contributed by atoms with E-state index in [-0.39, 0.29) is 0 Å². The number of hydrogen-bond acceptors (Lipinski definition) is 2. The molecule has 1 saturated carbocycles. The van der Waals surface area contributed by atoms with E-state index in [0.29, 0.717) is 6.04 Å². The Hall–Kier alpha value is -0.0800. The van der Waals surface area contributed by atoms with Crippen LogP contribution in [0.1, 0.15) is 39.5 Å². The minimum absolute atomic E-state index is 0.639. The SMILES string of the molecule is CC1CCCC1CNC(C)C1CCOC1. The van der Waals surface area contributed by atoms with Gasteiger partial charge in [0.15, 0.2) is 0 Å². The van der Waals surface area contributed by atoms with E-state index in [2.05, 4.69) is 19.2 Å². The molecule has 0 bridgehead atoms. The molecule has 2 rings (SSSR count). The highest BCUT2D eigenvalue weighted by Gasteiger charge is 2.26. The van der Waals surface area contributed by atoms with Crippen molar-refractivity contribution in [3.63, 3.8) is 0 Å². The summed E-state index contributed by atoms with van der Waals surface area (Å²) >= 11 is 0. The van der Waals surface area contributed by atoms with Crippen LogP contribution in [0.2, 0.25) is 0 Å². The normalized spacial score (nSPS) is 38.4. The molecule has 0 aromatic heterocycles. The molecule has 1 aliphatic carbocycles. The van der Waals surface area contributed by atoms with Gasteiger partial charge in [-0.05, 0) is 44.1 Å². The lowest BCUT2D eigenvalue weighted by atomic mass is 9.96. The minimum Gasteiger partial charge on any atom is -0.381 e. The van der Waals surface area contributed by atoms with Gasteiger partial charge in [0.1, 0.15) is 0 Å². The highest BCUT2D eigenvalue weighted by atomic mass is 16.5. The van der Waals surface area contributed by atoms with Crippen molar-refractivity contribution >= 4 is 0 Å². The predicted octanol–water partition coefficient (Wildman–Crippen LogP) is 2.44. The maximum Gasteiger partial charge on any atom is 0.0509 e. The van der Waals surface area contributed by atoms with E-state index in [9.17, 15) is 0 Å². The van der Waals surface area contributed by atoms with Crippen molar-refractivity contribution in [1.82, 2.24) is 5.32 Å². The van der Waals surface area contributed by atoms with E-state index in [1.807, 2.05) is 0 Å². The second-order valence-corrected chi connectivity index (χ2v) is 5.49. The van der Waals surface area contributed by atoms with Gasteiger partial charge in [0, 0.05) is 12.6 Å². The molecular weight excluding hydrogens is 186 g/mol. The molecule has 4 atom stereocenters. The summed E-state index contributed by atoms with van der Waals surface area (Å²) in [5.74, 6) is 2.61. The Morgan fingerprint density at radius 2 is 2.20 bits per heavy atom. The molecule has 1 heterocycles. The first-order valence-electron chi connectivity index (χ1n) is 6.58. The summed E-state index contributed by atoms with van der Waals surface area (Å²) in [7, 11) is 0. The quantitative estimate of drug-likeness (QED) is 0.771. The third kappa shape index (κ3) is 2.94. The largest absolute Gasteiger partial charge is 0.381 e. The highest BCUT2D eigenvalue weighted by Crippen LogP contribution is 2.30. The third-order valence-electron chi connectivity index (χ3n) is 4.41.